The number of nitrogens with one attached hydrogen (secondary N) is 3. The number of hydrogen-bond acceptors (Lipinski definition) is 21. The fourth-order valence-corrected chi connectivity index (χ4v) is 14.2. The van der Waals surface area contributed by atoms with Crippen LogP contribution in [0.15, 0.2) is 224 Å². The number of halogens is 1. The Balaban J connectivity index is 0.000000142. The third kappa shape index (κ3) is 16.5. The van der Waals surface area contributed by atoms with Gasteiger partial charge >= 0.3 is 17.9 Å². The van der Waals surface area contributed by atoms with E-state index < -0.39 is 27.9 Å². The summed E-state index contributed by atoms with van der Waals surface area (Å²) in [6, 6.07) is 50.1. The molecule has 28 nitrogen and oxygen atoms in total. The third-order valence-corrected chi connectivity index (χ3v) is 20.5. The number of ether oxygens (including phenoxy) is 3. The topological polar surface area (TPSA) is 356 Å². The molecule has 12 heterocycles. The molecule has 0 aliphatic heterocycles. The molecule has 0 atom stereocenters. The van der Waals surface area contributed by atoms with Gasteiger partial charge in [-0.05, 0) is 154 Å². The van der Waals surface area contributed by atoms with E-state index in [2.05, 4.69) is 55.5 Å². The molecule has 2 fully saturated rings. The molecule has 0 saturated heterocycles. The zero-order valence-corrected chi connectivity index (χ0v) is 63.0. The Labute approximate surface area is 646 Å². The predicted octanol–water partition coefficient (Wildman–Crippen LogP) is 13.7. The van der Waals surface area contributed by atoms with Crippen LogP contribution in [0.5, 0.6) is 0 Å². The molecule has 1 amide bonds. The second-order valence-corrected chi connectivity index (χ2v) is 28.6. The highest BCUT2D eigenvalue weighted by Gasteiger charge is 2.34. The van der Waals surface area contributed by atoms with Gasteiger partial charge in [0.15, 0.2) is 11.6 Å². The molecule has 0 spiro atoms. The number of amides is 1. The largest absolute Gasteiger partial charge is 0.465 e. The van der Waals surface area contributed by atoms with Crippen molar-refractivity contribution in [3.8, 4) is 51.2 Å². The lowest BCUT2D eigenvalue weighted by atomic mass is 10.1. The number of H-pyrrole nitrogens is 2. The van der Waals surface area contributed by atoms with Crippen molar-refractivity contribution in [3.63, 3.8) is 0 Å². The van der Waals surface area contributed by atoms with Gasteiger partial charge in [-0.25, -0.2) is 55.8 Å². The van der Waals surface area contributed by atoms with Gasteiger partial charge < -0.3 is 40.1 Å². The molecule has 2 aliphatic rings. The van der Waals surface area contributed by atoms with Crippen LogP contribution in [0.4, 0.5) is 17.5 Å². The average Bonchev–Trinajstić information content (AvgIpc) is 1.48. The number of hydrogen-bond donors (Lipinski definition) is 4. The first kappa shape index (κ1) is 75.0. The lowest BCUT2D eigenvalue weighted by Crippen LogP contribution is -2.25. The normalized spacial score (nSPS) is 12.4. The molecule has 5 N–H and O–H groups in total. The minimum Gasteiger partial charge on any atom is -0.465 e. The second kappa shape index (κ2) is 32.6. The van der Waals surface area contributed by atoms with Crippen LogP contribution in [0, 0.1) is 32.6 Å². The smallest absolute Gasteiger partial charge is 0.340 e. The van der Waals surface area contributed by atoms with E-state index in [9.17, 15) is 32.4 Å². The number of methoxy groups -OCH3 is 3. The molecule has 112 heavy (non-hydrogen) atoms. The number of carbonyl (C=O) groups excluding carboxylic acids is 5. The van der Waals surface area contributed by atoms with Gasteiger partial charge in [-0.2, -0.15) is 15.3 Å². The van der Waals surface area contributed by atoms with E-state index in [4.69, 9.17) is 36.5 Å². The number of carbonyl (C=O) groups is 5. The number of rotatable bonds is 19. The highest BCUT2D eigenvalue weighted by atomic mass is 35.5. The molecule has 15 aromatic rings. The van der Waals surface area contributed by atoms with Gasteiger partial charge in [0.05, 0.1) is 122 Å². The van der Waals surface area contributed by atoms with Crippen molar-refractivity contribution in [2.75, 3.05) is 37.3 Å². The predicted molar refractivity (Wildman–Crippen MR) is 422 cm³/mol. The van der Waals surface area contributed by atoms with Gasteiger partial charge in [0, 0.05) is 96.9 Å². The third-order valence-electron chi connectivity index (χ3n) is 18.5. The maximum absolute atomic E-state index is 14.9. The molecule has 2 aliphatic carbocycles. The molecule has 12 aromatic heterocycles. The van der Waals surface area contributed by atoms with Crippen LogP contribution in [0.3, 0.4) is 0 Å². The Morgan fingerprint density at radius 1 is 0.518 bits per heavy atom. The monoisotopic (exact) mass is 1540 g/mol. The maximum atomic E-state index is 14.9. The van der Waals surface area contributed by atoms with Crippen LogP contribution in [0.2, 0.25) is 0 Å². The summed E-state index contributed by atoms with van der Waals surface area (Å²) in [6.07, 6.45) is 18.7. The van der Waals surface area contributed by atoms with Crippen LogP contribution in [-0.4, -0.2) is 132 Å². The van der Waals surface area contributed by atoms with E-state index in [0.717, 1.165) is 71.0 Å². The minimum absolute atomic E-state index is 0.0300. The molecular formula is C82H73ClN18O10S. The lowest BCUT2D eigenvalue weighted by Gasteiger charge is -2.26. The molecule has 0 radical (unpaired) electrons. The summed E-state index contributed by atoms with van der Waals surface area (Å²) in [6.45, 7) is 6.57. The van der Waals surface area contributed by atoms with Crippen LogP contribution in [0.25, 0.3) is 83.9 Å². The van der Waals surface area contributed by atoms with Crippen molar-refractivity contribution < 1.29 is 46.6 Å². The number of anilines is 3. The SMILES string of the molecule is COC(=O)c1cnc(N(Cc2ccccc2)Cc2ccccc2)c2c1cc(-c1cc(-n3ccc(C)n3)ccn1)n2S(=O)(=O)c1ccccc1.COC(=O)c1cnc(N)c2[nH]c(-c3cc(-n4ccc(C)n4)ccn3)cc12.COC(=O)c1cnc(NC(=O)C2CC2)c2[nH]c(-c3cc(-n4ccc(C)n4)ccn3)cc12.O=C(Cl)C1CC1. The van der Waals surface area contributed by atoms with Crippen molar-refractivity contribution in [2.45, 2.75) is 64.4 Å². The Hall–Kier alpha value is -13.8. The molecule has 30 heteroatoms. The quantitative estimate of drug-likeness (QED) is 0.0332. The van der Waals surface area contributed by atoms with Gasteiger partial charge in [0.1, 0.15) is 11.3 Å². The Bertz CT molecular complexity index is 6110. The van der Waals surface area contributed by atoms with Gasteiger partial charge in [0.25, 0.3) is 10.0 Å². The van der Waals surface area contributed by atoms with E-state index in [1.54, 1.807) is 81.2 Å². The van der Waals surface area contributed by atoms with E-state index in [1.165, 1.54) is 43.9 Å². The fourth-order valence-electron chi connectivity index (χ4n) is 12.5. The summed E-state index contributed by atoms with van der Waals surface area (Å²) in [4.78, 5) is 95.0. The Kier molecular flexibility index (Phi) is 21.8. The number of nitrogens with two attached hydrogens (primary N) is 1. The highest BCUT2D eigenvalue weighted by Crippen LogP contribution is 2.41. The standard InChI is InChI=1S/C38H32N6O4S.C22H20N6O3.C18H16N6O2.C4H5ClO/c1-27-19-21-43(41-27)30-18-20-39-34(22-30)35-23-32-33(38(45)48-2)24-40-37(36(32)44(35)49(46,47)31-16-10-5-11-17-31)42(25-28-12-6-3-7-13-28)26-29-14-8-4-9-15-29;1-12-6-8-28(27-12)14-5-7-23-17(9-14)18-10-15-16(22(30)31-2)11-24-20(19(15)25-18)26-21(29)13-3-4-13;1-10-4-6-24(23-10)11-3-5-20-14(7-11)15-8-12-13(18(25)26-2)9-21-17(19)16(12)22-15;5-4(6)3-1-2-3/h3-24H,25-26H2,1-2H3;5-11,13,25H,3-4H2,1-2H3,(H,24,26,29);3-9,22H,1-2H3,(H2,19,21);3H,1-2H2. The van der Waals surface area contributed by atoms with E-state index >= 15 is 0 Å². The van der Waals surface area contributed by atoms with Gasteiger partial charge in [0.2, 0.25) is 11.1 Å². The van der Waals surface area contributed by atoms with Crippen LogP contribution < -0.4 is 16.0 Å². The first-order valence-corrected chi connectivity index (χ1v) is 37.2. The zero-order chi connectivity index (χ0) is 78.3. The van der Waals surface area contributed by atoms with Crippen molar-refractivity contribution in [3.05, 3.63) is 264 Å². The van der Waals surface area contributed by atoms with Crippen LogP contribution in [-0.2, 0) is 46.9 Å². The van der Waals surface area contributed by atoms with Crippen LogP contribution in [0.1, 0.15) is 85.0 Å². The zero-order valence-electron chi connectivity index (χ0n) is 61.4. The van der Waals surface area contributed by atoms with Crippen LogP contribution >= 0.6 is 11.6 Å². The van der Waals surface area contributed by atoms with Gasteiger partial charge in [-0.3, -0.25) is 24.5 Å². The van der Waals surface area contributed by atoms with E-state index in [1.807, 2.05) is 160 Å². The number of aromatic nitrogens is 15. The summed E-state index contributed by atoms with van der Waals surface area (Å²) in [7, 11) is -0.354. The molecule has 3 aromatic carbocycles. The molecule has 17 rings (SSSR count). The number of fused-ring (bicyclic) bond motifs is 3. The number of aryl methyl sites for hydroxylation is 3. The van der Waals surface area contributed by atoms with E-state index in [-0.39, 0.29) is 44.7 Å². The maximum Gasteiger partial charge on any atom is 0.340 e. The summed E-state index contributed by atoms with van der Waals surface area (Å²) in [5, 5.41) is 17.7. The summed E-state index contributed by atoms with van der Waals surface area (Å²) < 4.78 is 51.1. The Morgan fingerprint density at radius 2 is 0.946 bits per heavy atom. The number of pyridine rings is 6. The number of aromatic amines is 2. The summed E-state index contributed by atoms with van der Waals surface area (Å²) >= 11 is 5.04. The average molecular weight is 1540 g/mol. The van der Waals surface area contributed by atoms with Gasteiger partial charge in [-0.15, -0.1) is 0 Å². The fraction of sp³-hybridized carbons (Fsp3) is 0.171. The molecule has 0 bridgehead atoms. The van der Waals surface area contributed by atoms with Crippen molar-refractivity contribution in [1.82, 2.24) is 73.2 Å². The van der Waals surface area contributed by atoms with Crippen molar-refractivity contribution >= 4 is 101 Å². The number of benzene rings is 3. The summed E-state index contributed by atoms with van der Waals surface area (Å²) in [5.41, 5.74) is 18.5. The number of nitrogen functional groups attached to an aromatic ring is 1. The minimum atomic E-state index is -4.29. The Morgan fingerprint density at radius 3 is 1.39 bits per heavy atom. The van der Waals surface area contributed by atoms with Crippen molar-refractivity contribution in [1.29, 1.82) is 0 Å². The molecule has 0 unspecified atom stereocenters. The number of esters is 3. The summed E-state index contributed by atoms with van der Waals surface area (Å²) in [5.74, 6) is -0.365. The molecular weight excluding hydrogens is 1460 g/mol. The second-order valence-electron chi connectivity index (χ2n) is 26.4. The number of nitrogens with zero attached hydrogens (tertiary/aromatic N) is 14. The van der Waals surface area contributed by atoms with Crippen molar-refractivity contribution in [2.24, 2.45) is 11.8 Å². The highest BCUT2D eigenvalue weighted by molar-refractivity contribution is 7.90. The van der Waals surface area contributed by atoms with E-state index in [0.29, 0.717) is 97.3 Å². The lowest BCUT2D eigenvalue weighted by molar-refractivity contribution is -0.117. The first-order chi connectivity index (χ1) is 54.2. The molecule has 564 valence electrons. The first-order valence-electron chi connectivity index (χ1n) is 35.4. The molecule has 2 saturated carbocycles. The van der Waals surface area contributed by atoms with Gasteiger partial charge in [-0.1, -0.05) is 78.9 Å².